The van der Waals surface area contributed by atoms with Crippen LogP contribution in [0.25, 0.3) is 0 Å². The zero-order valence-electron chi connectivity index (χ0n) is 11.3. The van der Waals surface area contributed by atoms with E-state index in [4.69, 9.17) is 5.11 Å². The van der Waals surface area contributed by atoms with Crippen LogP contribution in [0.2, 0.25) is 0 Å². The molecule has 19 heavy (non-hydrogen) atoms. The topological polar surface area (TPSA) is 115 Å². The number of nitrogens with zero attached hydrogens (tertiary/aromatic N) is 2. The van der Waals surface area contributed by atoms with Gasteiger partial charge in [-0.3, -0.25) is 5.10 Å². The summed E-state index contributed by atoms with van der Waals surface area (Å²) in [6.07, 6.45) is 0.966. The number of aromatic nitrogens is 2. The van der Waals surface area contributed by atoms with Gasteiger partial charge in [-0.15, -0.1) is 0 Å². The highest BCUT2D eigenvalue weighted by molar-refractivity contribution is 7.89. The monoisotopic (exact) mass is 290 g/mol. The molecule has 0 atom stereocenters. The summed E-state index contributed by atoms with van der Waals surface area (Å²) in [5.41, 5.74) is -0.786. The van der Waals surface area contributed by atoms with Crippen LogP contribution in [-0.4, -0.2) is 60.8 Å². The number of nitrogens with one attached hydrogen (secondary N) is 2. The quantitative estimate of drug-likeness (QED) is 0.664. The molecule has 0 fully saturated rings. The van der Waals surface area contributed by atoms with Crippen molar-refractivity contribution in [3.63, 3.8) is 0 Å². The number of likely N-dealkylation sites (N-methyl/N-ethyl adjacent to an activating group) is 1. The van der Waals surface area contributed by atoms with Crippen LogP contribution in [0.5, 0.6) is 0 Å². The van der Waals surface area contributed by atoms with Crippen LogP contribution >= 0.6 is 0 Å². The molecule has 0 aliphatic carbocycles. The molecule has 108 valence electrons. The minimum Gasteiger partial charge on any atom is -0.478 e. The van der Waals surface area contributed by atoms with E-state index < -0.39 is 26.6 Å². The Morgan fingerprint density at radius 3 is 2.58 bits per heavy atom. The second-order valence-corrected chi connectivity index (χ2v) is 6.65. The molecule has 0 aliphatic rings. The van der Waals surface area contributed by atoms with Crippen LogP contribution in [-0.2, 0) is 10.0 Å². The zero-order chi connectivity index (χ0) is 14.8. The fourth-order valence-electron chi connectivity index (χ4n) is 1.13. The Morgan fingerprint density at radius 1 is 1.53 bits per heavy atom. The van der Waals surface area contributed by atoms with Gasteiger partial charge in [0.1, 0.15) is 5.56 Å². The maximum absolute atomic E-state index is 12.0. The van der Waals surface area contributed by atoms with Crippen molar-refractivity contribution < 1.29 is 18.3 Å². The lowest BCUT2D eigenvalue weighted by atomic mass is 10.1. The molecule has 1 heterocycles. The summed E-state index contributed by atoms with van der Waals surface area (Å²) in [4.78, 5) is 12.7. The molecule has 1 rings (SSSR count). The van der Waals surface area contributed by atoms with Gasteiger partial charge in [0, 0.05) is 12.1 Å². The highest BCUT2D eigenvalue weighted by Crippen LogP contribution is 2.14. The average molecular weight is 290 g/mol. The third kappa shape index (κ3) is 3.52. The molecule has 0 bridgehead atoms. The number of hydrogen-bond donors (Lipinski definition) is 3. The first-order valence-corrected chi connectivity index (χ1v) is 7.00. The lowest BCUT2D eigenvalue weighted by Crippen LogP contribution is -2.48. The van der Waals surface area contributed by atoms with Crippen LogP contribution in [0.4, 0.5) is 0 Å². The van der Waals surface area contributed by atoms with Crippen LogP contribution in [0.3, 0.4) is 0 Å². The van der Waals surface area contributed by atoms with E-state index in [1.807, 2.05) is 32.8 Å². The van der Waals surface area contributed by atoms with Crippen molar-refractivity contribution in [3.05, 3.63) is 11.8 Å². The second-order valence-electron chi connectivity index (χ2n) is 4.95. The molecule has 0 aromatic carbocycles. The fourth-order valence-corrected chi connectivity index (χ4v) is 2.42. The van der Waals surface area contributed by atoms with E-state index in [-0.39, 0.29) is 12.1 Å². The van der Waals surface area contributed by atoms with E-state index >= 15 is 0 Å². The molecule has 0 spiro atoms. The zero-order valence-corrected chi connectivity index (χ0v) is 12.1. The van der Waals surface area contributed by atoms with Gasteiger partial charge >= 0.3 is 5.97 Å². The highest BCUT2D eigenvalue weighted by atomic mass is 32.2. The van der Waals surface area contributed by atoms with E-state index in [2.05, 4.69) is 14.9 Å². The molecule has 3 N–H and O–H groups in total. The molecule has 8 nitrogen and oxygen atoms in total. The Morgan fingerprint density at radius 2 is 2.11 bits per heavy atom. The number of carbonyl (C=O) groups is 1. The molecule has 0 aliphatic heterocycles. The number of carboxylic acids is 1. The van der Waals surface area contributed by atoms with Crippen LogP contribution < -0.4 is 4.72 Å². The summed E-state index contributed by atoms with van der Waals surface area (Å²) in [5, 5.41) is 14.1. The van der Waals surface area contributed by atoms with Gasteiger partial charge < -0.3 is 10.0 Å². The van der Waals surface area contributed by atoms with Crippen molar-refractivity contribution in [1.82, 2.24) is 19.8 Å². The summed E-state index contributed by atoms with van der Waals surface area (Å²) in [6, 6.07) is 0. The Hall–Kier alpha value is -1.45. The molecule has 9 heteroatoms. The molecule has 0 unspecified atom stereocenters. The van der Waals surface area contributed by atoms with Crippen LogP contribution in [0.1, 0.15) is 24.2 Å². The molecule has 0 saturated carbocycles. The van der Waals surface area contributed by atoms with Gasteiger partial charge in [-0.1, -0.05) is 0 Å². The first-order chi connectivity index (χ1) is 8.58. The Kier molecular flexibility index (Phi) is 4.33. The highest BCUT2D eigenvalue weighted by Gasteiger charge is 2.28. The first kappa shape index (κ1) is 15.6. The number of sulfonamides is 1. The van der Waals surface area contributed by atoms with Crippen LogP contribution in [0, 0.1) is 0 Å². The summed E-state index contributed by atoms with van der Waals surface area (Å²) in [6.45, 7) is 3.86. The third-order valence-corrected chi connectivity index (χ3v) is 4.38. The fraction of sp³-hybridized carbons (Fsp3) is 0.600. The van der Waals surface area contributed by atoms with Crippen LogP contribution in [0.15, 0.2) is 11.2 Å². The largest absolute Gasteiger partial charge is 0.478 e. The third-order valence-electron chi connectivity index (χ3n) is 3.01. The Bertz CT molecular complexity index is 562. The summed E-state index contributed by atoms with van der Waals surface area (Å²) in [7, 11) is -0.282. The molecule has 0 amide bonds. The van der Waals surface area contributed by atoms with Gasteiger partial charge in [0.15, 0.2) is 5.03 Å². The molecule has 0 saturated heterocycles. The number of rotatable bonds is 6. The predicted octanol–water partition coefficient (Wildman–Crippen LogP) is -0.274. The molecule has 0 radical (unpaired) electrons. The Labute approximate surface area is 111 Å². The Balaban J connectivity index is 2.94. The number of carboxylic acid groups (broad SMARTS) is 1. The van der Waals surface area contributed by atoms with Gasteiger partial charge in [0.05, 0.1) is 6.20 Å². The lowest BCUT2D eigenvalue weighted by Gasteiger charge is -2.32. The van der Waals surface area contributed by atoms with Crippen molar-refractivity contribution in [2.45, 2.75) is 24.4 Å². The number of aromatic amines is 1. The summed E-state index contributed by atoms with van der Waals surface area (Å²) in [5.74, 6) is -1.35. The van der Waals surface area contributed by atoms with Gasteiger partial charge in [-0.2, -0.15) is 5.10 Å². The normalized spacial score (nSPS) is 12.9. The van der Waals surface area contributed by atoms with Crippen molar-refractivity contribution in [2.75, 3.05) is 20.6 Å². The van der Waals surface area contributed by atoms with Crippen molar-refractivity contribution in [1.29, 1.82) is 0 Å². The van der Waals surface area contributed by atoms with Gasteiger partial charge in [-0.05, 0) is 27.9 Å². The summed E-state index contributed by atoms with van der Waals surface area (Å²) < 4.78 is 26.4. The maximum Gasteiger partial charge on any atom is 0.340 e. The van der Waals surface area contributed by atoms with Gasteiger partial charge in [0.2, 0.25) is 0 Å². The molecular weight excluding hydrogens is 272 g/mol. The number of aromatic carboxylic acids is 1. The first-order valence-electron chi connectivity index (χ1n) is 5.51. The number of H-pyrrole nitrogens is 1. The lowest BCUT2D eigenvalue weighted by molar-refractivity contribution is 0.0692. The van der Waals surface area contributed by atoms with E-state index in [0.29, 0.717) is 0 Å². The van der Waals surface area contributed by atoms with Crippen molar-refractivity contribution >= 4 is 16.0 Å². The average Bonchev–Trinajstić information content (AvgIpc) is 2.76. The van der Waals surface area contributed by atoms with Crippen molar-refractivity contribution in [3.8, 4) is 0 Å². The smallest absolute Gasteiger partial charge is 0.340 e. The van der Waals surface area contributed by atoms with E-state index in [9.17, 15) is 13.2 Å². The molecule has 1 aromatic rings. The van der Waals surface area contributed by atoms with Crippen molar-refractivity contribution in [2.24, 2.45) is 0 Å². The van der Waals surface area contributed by atoms with Gasteiger partial charge in [0.25, 0.3) is 10.0 Å². The van der Waals surface area contributed by atoms with E-state index in [1.54, 1.807) is 0 Å². The molecule has 1 aromatic heterocycles. The number of hydrogen-bond acceptors (Lipinski definition) is 5. The summed E-state index contributed by atoms with van der Waals surface area (Å²) >= 11 is 0. The standard InChI is InChI=1S/C10H18N4O4S/c1-10(2,14(3)4)6-12-19(17,18)8-7(9(15)16)5-11-13-8/h5,12H,6H2,1-4H3,(H,11,13)(H,15,16). The maximum atomic E-state index is 12.0. The second kappa shape index (κ2) is 5.27. The van der Waals surface area contributed by atoms with E-state index in [1.165, 1.54) is 0 Å². The predicted molar refractivity (Wildman–Crippen MR) is 68.5 cm³/mol. The minimum atomic E-state index is -3.93. The minimum absolute atomic E-state index is 0.139. The van der Waals surface area contributed by atoms with E-state index in [0.717, 1.165) is 6.20 Å². The SMILES string of the molecule is CN(C)C(C)(C)CNS(=O)(=O)c1[nH]ncc1C(=O)O. The van der Waals surface area contributed by atoms with Gasteiger partial charge in [-0.25, -0.2) is 17.9 Å². The molecular formula is C10H18N4O4S.